The van der Waals surface area contributed by atoms with Crippen molar-refractivity contribution >= 4 is 59.5 Å². The van der Waals surface area contributed by atoms with Crippen LogP contribution in [0.4, 0.5) is 15.9 Å². The monoisotopic (exact) mass is 684 g/mol. The molecule has 0 radical (unpaired) electrons. The fourth-order valence-electron chi connectivity index (χ4n) is 4.33. The van der Waals surface area contributed by atoms with E-state index < -0.39 is 9.84 Å². The van der Waals surface area contributed by atoms with Crippen LogP contribution in [0, 0.1) is 5.82 Å². The van der Waals surface area contributed by atoms with E-state index in [1.54, 1.807) is 13.0 Å². The average Bonchev–Trinajstić information content (AvgIpc) is 3.49. The van der Waals surface area contributed by atoms with Crippen molar-refractivity contribution in [3.8, 4) is 17.0 Å². The highest BCUT2D eigenvalue weighted by molar-refractivity contribution is 9.10. The second-order valence-electron chi connectivity index (χ2n) is 9.72. The van der Waals surface area contributed by atoms with Crippen molar-refractivity contribution in [2.24, 2.45) is 0 Å². The maximum absolute atomic E-state index is 13.5. The third-order valence-electron chi connectivity index (χ3n) is 6.73. The zero-order valence-electron chi connectivity index (χ0n) is 23.6. The Morgan fingerprint density at radius 2 is 1.93 bits per heavy atom. The van der Waals surface area contributed by atoms with Crippen molar-refractivity contribution in [2.75, 3.05) is 23.4 Å². The van der Waals surface area contributed by atoms with E-state index in [4.69, 9.17) is 14.5 Å². The molecule has 0 aliphatic heterocycles. The number of fused-ring (bicyclic) bond motifs is 1. The number of hydrogen-bond donors (Lipinski definition) is 1. The van der Waals surface area contributed by atoms with Crippen LogP contribution in [-0.2, 0) is 21.2 Å². The van der Waals surface area contributed by atoms with E-state index in [2.05, 4.69) is 31.2 Å². The number of thiazole rings is 1. The Morgan fingerprint density at radius 3 is 2.70 bits per heavy atom. The summed E-state index contributed by atoms with van der Waals surface area (Å²) in [4.78, 5) is 13.7. The fourth-order valence-corrected chi connectivity index (χ4v) is 6.42. The second kappa shape index (κ2) is 13.9. The Hall–Kier alpha value is -3.45. The molecule has 0 aliphatic rings. The maximum Gasteiger partial charge on any atom is 0.152 e. The highest BCUT2D eigenvalue weighted by Crippen LogP contribution is 2.34. The van der Waals surface area contributed by atoms with Crippen LogP contribution < -0.4 is 10.1 Å². The van der Waals surface area contributed by atoms with Gasteiger partial charge in [0.1, 0.15) is 41.4 Å². The highest BCUT2D eigenvalue weighted by Gasteiger charge is 2.18. The molecule has 5 rings (SSSR count). The first-order valence-corrected chi connectivity index (χ1v) is 17.2. The summed E-state index contributed by atoms with van der Waals surface area (Å²) in [6.07, 6.45) is 1.92. The van der Waals surface area contributed by atoms with Crippen LogP contribution in [0.15, 0.2) is 76.8 Å². The molecule has 1 unspecified atom stereocenters. The number of rotatable bonds is 13. The van der Waals surface area contributed by atoms with Crippen molar-refractivity contribution in [3.05, 3.63) is 93.2 Å². The lowest BCUT2D eigenvalue weighted by Gasteiger charge is -2.13. The van der Waals surface area contributed by atoms with Crippen molar-refractivity contribution in [1.29, 1.82) is 0 Å². The summed E-state index contributed by atoms with van der Waals surface area (Å²) >= 11 is 5.06. The molecule has 12 heteroatoms. The predicted octanol–water partition coefficient (Wildman–Crippen LogP) is 7.88. The minimum absolute atomic E-state index is 0.0000807. The van der Waals surface area contributed by atoms with Gasteiger partial charge in [0.05, 0.1) is 28.0 Å². The molecular formula is C31H30BrFN4O4S2. The largest absolute Gasteiger partial charge is 0.488 e. The summed E-state index contributed by atoms with van der Waals surface area (Å²) in [5, 5.41) is 6.98. The van der Waals surface area contributed by atoms with Gasteiger partial charge in [0.15, 0.2) is 9.84 Å². The van der Waals surface area contributed by atoms with Crippen LogP contribution in [0.25, 0.3) is 22.2 Å². The molecule has 8 nitrogen and oxygen atoms in total. The number of nitrogens with one attached hydrogen (secondary N) is 1. The summed E-state index contributed by atoms with van der Waals surface area (Å²) in [6, 6.07) is 17.8. The number of ether oxygens (including phenoxy) is 2. The summed E-state index contributed by atoms with van der Waals surface area (Å²) in [5.74, 6) is 1.07. The quantitative estimate of drug-likeness (QED) is 0.134. The zero-order valence-corrected chi connectivity index (χ0v) is 26.8. The van der Waals surface area contributed by atoms with Crippen LogP contribution in [0.2, 0.25) is 0 Å². The fraction of sp³-hybridized carbons (Fsp3) is 0.258. The normalized spacial score (nSPS) is 12.4. The summed E-state index contributed by atoms with van der Waals surface area (Å²) in [5.41, 5.74) is 4.00. The van der Waals surface area contributed by atoms with E-state index in [0.717, 1.165) is 42.9 Å². The topological polar surface area (TPSA) is 103 Å². The van der Waals surface area contributed by atoms with Crippen LogP contribution >= 0.6 is 27.3 Å². The third kappa shape index (κ3) is 7.94. The summed E-state index contributed by atoms with van der Waals surface area (Å²) in [6.45, 7) is 4.01. The molecule has 224 valence electrons. The highest BCUT2D eigenvalue weighted by atomic mass is 79.9. The van der Waals surface area contributed by atoms with Gasteiger partial charge in [-0.1, -0.05) is 32.0 Å². The van der Waals surface area contributed by atoms with E-state index >= 15 is 0 Å². The lowest BCUT2D eigenvalue weighted by atomic mass is 10.1. The number of benzene rings is 3. The van der Waals surface area contributed by atoms with E-state index in [0.29, 0.717) is 18.0 Å². The molecule has 0 fully saturated rings. The van der Waals surface area contributed by atoms with Gasteiger partial charge in [-0.25, -0.2) is 27.8 Å². The minimum atomic E-state index is -3.09. The first-order valence-electron chi connectivity index (χ1n) is 13.7. The number of halogens is 2. The van der Waals surface area contributed by atoms with Crippen molar-refractivity contribution < 1.29 is 22.3 Å². The van der Waals surface area contributed by atoms with Crippen LogP contribution in [0.1, 0.15) is 36.9 Å². The van der Waals surface area contributed by atoms with Gasteiger partial charge in [0.25, 0.3) is 0 Å². The van der Waals surface area contributed by atoms with Gasteiger partial charge in [-0.2, -0.15) is 0 Å². The zero-order chi connectivity index (χ0) is 30.4. The molecule has 0 bridgehead atoms. The Labute approximate surface area is 262 Å². The third-order valence-corrected chi connectivity index (χ3v) is 9.96. The first kappa shape index (κ1) is 31.0. The number of nitrogens with zero attached hydrogens (tertiary/aromatic N) is 3. The van der Waals surface area contributed by atoms with Gasteiger partial charge < -0.3 is 14.8 Å². The minimum Gasteiger partial charge on any atom is -0.488 e. The molecule has 1 atom stereocenters. The molecule has 1 N–H and O–H groups in total. The molecule has 0 saturated heterocycles. The molecule has 0 saturated carbocycles. The van der Waals surface area contributed by atoms with E-state index in [1.165, 1.54) is 29.8 Å². The predicted molar refractivity (Wildman–Crippen MR) is 172 cm³/mol. The van der Waals surface area contributed by atoms with Crippen LogP contribution in [0.3, 0.4) is 0 Å². The van der Waals surface area contributed by atoms with Crippen LogP contribution in [-0.4, -0.2) is 41.5 Å². The number of aromatic nitrogens is 3. The SMILES string of the molecule is CCC(OCCS(=O)(=O)CC)c1nc(-c2ccc3ncnc(Nc4ccc(OCc5cccc(F)c5)c(Br)c4)c3c2)cs1. The van der Waals surface area contributed by atoms with E-state index in [9.17, 15) is 12.8 Å². The molecule has 0 aliphatic carbocycles. The molecule has 43 heavy (non-hydrogen) atoms. The molecule has 3 aromatic carbocycles. The van der Waals surface area contributed by atoms with Crippen LogP contribution in [0.5, 0.6) is 5.75 Å². The number of anilines is 2. The lowest BCUT2D eigenvalue weighted by Crippen LogP contribution is -2.16. The van der Waals surface area contributed by atoms with Crippen molar-refractivity contribution in [2.45, 2.75) is 33.0 Å². The second-order valence-corrected chi connectivity index (χ2v) is 13.9. The standard InChI is InChI=1S/C31H30BrFN4O4S2/c1-3-28(40-12-13-43(38,39)4-2)31-37-27(18-42-31)21-8-10-26-24(15-21)30(35-19-34-26)36-23-9-11-29(25(32)16-23)41-17-20-6-5-7-22(33)14-20/h5-11,14-16,18-19,28H,3-4,12-13,17H2,1-2H3,(H,34,35,36). The summed E-state index contributed by atoms with van der Waals surface area (Å²) < 4.78 is 49.7. The Morgan fingerprint density at radius 1 is 1.07 bits per heavy atom. The molecule has 0 amide bonds. The Balaban J connectivity index is 1.31. The smallest absolute Gasteiger partial charge is 0.152 e. The van der Waals surface area contributed by atoms with Gasteiger partial charge in [0, 0.05) is 27.8 Å². The molecule has 5 aromatic rings. The van der Waals surface area contributed by atoms with Gasteiger partial charge in [-0.3, -0.25) is 0 Å². The molecule has 2 heterocycles. The van der Waals surface area contributed by atoms with E-state index in [1.807, 2.05) is 54.8 Å². The molecule has 0 spiro atoms. The van der Waals surface area contributed by atoms with Gasteiger partial charge in [-0.05, 0) is 70.4 Å². The maximum atomic E-state index is 13.5. The number of hydrogen-bond acceptors (Lipinski definition) is 9. The number of sulfone groups is 1. The first-order chi connectivity index (χ1) is 20.7. The van der Waals surface area contributed by atoms with Crippen molar-refractivity contribution in [3.63, 3.8) is 0 Å². The summed E-state index contributed by atoms with van der Waals surface area (Å²) in [7, 11) is -3.09. The Kier molecular flexibility index (Phi) is 10.0. The lowest BCUT2D eigenvalue weighted by molar-refractivity contribution is 0.0609. The van der Waals surface area contributed by atoms with Gasteiger partial charge >= 0.3 is 0 Å². The molecular weight excluding hydrogens is 655 g/mol. The average molecular weight is 686 g/mol. The van der Waals surface area contributed by atoms with Gasteiger partial charge in [-0.15, -0.1) is 11.3 Å². The Bertz CT molecular complexity index is 1830. The van der Waals surface area contributed by atoms with Crippen molar-refractivity contribution in [1.82, 2.24) is 15.0 Å². The van der Waals surface area contributed by atoms with Gasteiger partial charge in [0.2, 0.25) is 0 Å². The molecule has 2 aromatic heterocycles. The van der Waals surface area contributed by atoms with E-state index in [-0.39, 0.29) is 36.6 Å².